The van der Waals surface area contributed by atoms with E-state index in [1.807, 2.05) is 0 Å². The first-order valence-electron chi connectivity index (χ1n) is 4.25. The summed E-state index contributed by atoms with van der Waals surface area (Å²) in [4.78, 5) is 18.6. The van der Waals surface area contributed by atoms with E-state index in [9.17, 15) is 4.79 Å². The zero-order valence-corrected chi connectivity index (χ0v) is 8.01. The maximum Gasteiger partial charge on any atom is 0.248 e. The molecule has 1 amide bonds. The summed E-state index contributed by atoms with van der Waals surface area (Å²) in [6.07, 6.45) is 3.85. The molecule has 0 fully saturated rings. The minimum absolute atomic E-state index is 0.0867. The number of amides is 1. The van der Waals surface area contributed by atoms with Gasteiger partial charge in [0.25, 0.3) is 0 Å². The highest BCUT2D eigenvalue weighted by Gasteiger charge is 2.00. The number of aliphatic hydroxyl groups excluding tert-OH is 1. The second-order valence-corrected chi connectivity index (χ2v) is 2.51. The Hall–Kier alpha value is -1.95. The molecular weight excluding hydrogens is 198 g/mol. The number of carbonyl (C=O) groups excluding carboxylic acids is 1. The highest BCUT2D eigenvalue weighted by Crippen LogP contribution is 2.06. The molecule has 1 heterocycles. The Kier molecular flexibility index (Phi) is 4.24. The standard InChI is InChI=1S/C9H11N3O3/c1-2-8(14)12-7-5-11-9(6-10-7)15-4-3-13/h2,5-6,13H,1,3-4H2,(H,10,12,14). The first kappa shape index (κ1) is 11.1. The van der Waals surface area contributed by atoms with E-state index in [1.165, 1.54) is 12.4 Å². The fourth-order valence-corrected chi connectivity index (χ4v) is 0.783. The minimum Gasteiger partial charge on any atom is -0.474 e. The third kappa shape index (κ3) is 3.74. The van der Waals surface area contributed by atoms with Crippen molar-refractivity contribution < 1.29 is 14.6 Å². The molecule has 1 aromatic heterocycles. The molecule has 0 saturated carbocycles. The van der Waals surface area contributed by atoms with Crippen molar-refractivity contribution in [3.63, 3.8) is 0 Å². The van der Waals surface area contributed by atoms with Gasteiger partial charge >= 0.3 is 0 Å². The summed E-state index contributed by atoms with van der Waals surface area (Å²) in [6, 6.07) is 0. The van der Waals surface area contributed by atoms with Crippen molar-refractivity contribution in [2.45, 2.75) is 0 Å². The van der Waals surface area contributed by atoms with Gasteiger partial charge in [-0.05, 0) is 6.08 Å². The lowest BCUT2D eigenvalue weighted by Gasteiger charge is -2.03. The van der Waals surface area contributed by atoms with Crippen molar-refractivity contribution in [1.29, 1.82) is 0 Å². The van der Waals surface area contributed by atoms with E-state index in [2.05, 4.69) is 21.9 Å². The maximum atomic E-state index is 10.9. The fourth-order valence-electron chi connectivity index (χ4n) is 0.783. The minimum atomic E-state index is -0.353. The van der Waals surface area contributed by atoms with Crippen molar-refractivity contribution >= 4 is 11.7 Å². The molecule has 0 unspecified atom stereocenters. The summed E-state index contributed by atoms with van der Waals surface area (Å²) < 4.78 is 4.98. The molecule has 2 N–H and O–H groups in total. The number of carbonyl (C=O) groups is 1. The average molecular weight is 209 g/mol. The van der Waals surface area contributed by atoms with Gasteiger partial charge in [-0.1, -0.05) is 6.58 Å². The van der Waals surface area contributed by atoms with Gasteiger partial charge in [0.15, 0.2) is 5.82 Å². The van der Waals surface area contributed by atoms with Crippen molar-refractivity contribution in [2.24, 2.45) is 0 Å². The molecule has 80 valence electrons. The molecule has 0 spiro atoms. The molecule has 0 radical (unpaired) electrons. The third-order valence-electron chi connectivity index (χ3n) is 1.41. The number of ether oxygens (including phenoxy) is 1. The smallest absolute Gasteiger partial charge is 0.248 e. The van der Waals surface area contributed by atoms with E-state index in [-0.39, 0.29) is 19.1 Å². The largest absolute Gasteiger partial charge is 0.474 e. The van der Waals surface area contributed by atoms with Crippen LogP contribution in [0.1, 0.15) is 0 Å². The predicted molar refractivity (Wildman–Crippen MR) is 53.4 cm³/mol. The molecule has 6 nitrogen and oxygen atoms in total. The van der Waals surface area contributed by atoms with E-state index in [4.69, 9.17) is 9.84 Å². The lowest BCUT2D eigenvalue weighted by Crippen LogP contribution is -2.09. The summed E-state index contributed by atoms with van der Waals surface area (Å²) in [6.45, 7) is 3.38. The molecule has 0 aromatic carbocycles. The van der Waals surface area contributed by atoms with Crippen LogP contribution in [0.25, 0.3) is 0 Å². The van der Waals surface area contributed by atoms with Crippen molar-refractivity contribution in [3.05, 3.63) is 25.0 Å². The maximum absolute atomic E-state index is 10.9. The number of hydrogen-bond acceptors (Lipinski definition) is 5. The fraction of sp³-hybridized carbons (Fsp3) is 0.222. The van der Waals surface area contributed by atoms with Crippen LogP contribution < -0.4 is 10.1 Å². The second kappa shape index (κ2) is 5.71. The monoisotopic (exact) mass is 209 g/mol. The second-order valence-electron chi connectivity index (χ2n) is 2.51. The zero-order chi connectivity index (χ0) is 11.1. The van der Waals surface area contributed by atoms with Crippen LogP contribution in [-0.2, 0) is 4.79 Å². The van der Waals surface area contributed by atoms with Gasteiger partial charge in [0.1, 0.15) is 6.61 Å². The number of hydrogen-bond donors (Lipinski definition) is 2. The molecule has 0 atom stereocenters. The van der Waals surface area contributed by atoms with E-state index in [0.29, 0.717) is 11.7 Å². The van der Waals surface area contributed by atoms with Crippen LogP contribution in [0.4, 0.5) is 5.82 Å². The Morgan fingerprint density at radius 2 is 2.40 bits per heavy atom. The van der Waals surface area contributed by atoms with Gasteiger partial charge in [0.05, 0.1) is 19.0 Å². The third-order valence-corrected chi connectivity index (χ3v) is 1.41. The van der Waals surface area contributed by atoms with Crippen LogP contribution in [0.3, 0.4) is 0 Å². The molecule has 1 aromatic rings. The molecule has 0 aliphatic heterocycles. The van der Waals surface area contributed by atoms with Crippen LogP contribution in [0.2, 0.25) is 0 Å². The number of anilines is 1. The lowest BCUT2D eigenvalue weighted by atomic mass is 10.5. The van der Waals surface area contributed by atoms with Gasteiger partial charge in [-0.25, -0.2) is 9.97 Å². The van der Waals surface area contributed by atoms with Gasteiger partial charge in [-0.3, -0.25) is 4.79 Å². The van der Waals surface area contributed by atoms with Gasteiger partial charge in [-0.15, -0.1) is 0 Å². The van der Waals surface area contributed by atoms with Crippen molar-refractivity contribution in [3.8, 4) is 5.88 Å². The van der Waals surface area contributed by atoms with Gasteiger partial charge in [-0.2, -0.15) is 0 Å². The SMILES string of the molecule is C=CC(=O)Nc1cnc(OCCO)cn1. The van der Waals surface area contributed by atoms with E-state index >= 15 is 0 Å². The molecule has 0 bridgehead atoms. The van der Waals surface area contributed by atoms with Crippen LogP contribution >= 0.6 is 0 Å². The molecule has 1 rings (SSSR count). The van der Waals surface area contributed by atoms with Gasteiger partial charge in [0.2, 0.25) is 11.8 Å². The lowest BCUT2D eigenvalue weighted by molar-refractivity contribution is -0.111. The van der Waals surface area contributed by atoms with Crippen molar-refractivity contribution in [1.82, 2.24) is 9.97 Å². The van der Waals surface area contributed by atoms with Gasteiger partial charge in [0, 0.05) is 0 Å². The Morgan fingerprint density at radius 1 is 1.60 bits per heavy atom. The van der Waals surface area contributed by atoms with Crippen LogP contribution in [-0.4, -0.2) is 34.2 Å². The molecule has 15 heavy (non-hydrogen) atoms. The summed E-state index contributed by atoms with van der Waals surface area (Å²) in [5.74, 6) is 0.255. The molecule has 0 aliphatic rings. The Labute approximate surface area is 86.6 Å². The zero-order valence-electron chi connectivity index (χ0n) is 8.01. The van der Waals surface area contributed by atoms with Crippen LogP contribution in [0.5, 0.6) is 5.88 Å². The topological polar surface area (TPSA) is 84.3 Å². The highest BCUT2D eigenvalue weighted by molar-refractivity contribution is 5.98. The Balaban J connectivity index is 2.55. The molecule has 6 heteroatoms. The number of aliphatic hydroxyl groups is 1. The quantitative estimate of drug-likeness (QED) is 0.665. The van der Waals surface area contributed by atoms with E-state index in [1.54, 1.807) is 0 Å². The number of nitrogens with zero attached hydrogens (tertiary/aromatic N) is 2. The summed E-state index contributed by atoms with van der Waals surface area (Å²) >= 11 is 0. The predicted octanol–water partition coefficient (Wildman–Crippen LogP) is -0.0278. The number of nitrogens with one attached hydrogen (secondary N) is 1. The van der Waals surface area contributed by atoms with E-state index in [0.717, 1.165) is 6.08 Å². The first-order chi connectivity index (χ1) is 7.26. The number of rotatable bonds is 5. The molecule has 0 saturated heterocycles. The van der Waals surface area contributed by atoms with Gasteiger partial charge < -0.3 is 15.2 Å². The Morgan fingerprint density at radius 3 is 2.93 bits per heavy atom. The number of aromatic nitrogens is 2. The average Bonchev–Trinajstić information content (AvgIpc) is 2.28. The van der Waals surface area contributed by atoms with Crippen LogP contribution in [0.15, 0.2) is 25.0 Å². The first-order valence-corrected chi connectivity index (χ1v) is 4.25. The highest BCUT2D eigenvalue weighted by atomic mass is 16.5. The summed E-state index contributed by atoms with van der Waals surface area (Å²) in [7, 11) is 0. The molecule has 0 aliphatic carbocycles. The molecular formula is C9H11N3O3. The summed E-state index contributed by atoms with van der Waals surface area (Å²) in [5.41, 5.74) is 0. The summed E-state index contributed by atoms with van der Waals surface area (Å²) in [5, 5.41) is 10.9. The van der Waals surface area contributed by atoms with Crippen molar-refractivity contribution in [2.75, 3.05) is 18.5 Å². The normalized spacial score (nSPS) is 9.40. The van der Waals surface area contributed by atoms with Crippen LogP contribution in [0, 0.1) is 0 Å². The Bertz CT molecular complexity index is 337. The van der Waals surface area contributed by atoms with E-state index < -0.39 is 0 Å².